The summed E-state index contributed by atoms with van der Waals surface area (Å²) in [6.45, 7) is 13.4. The molecule has 0 radical (unpaired) electrons. The van der Waals surface area contributed by atoms with E-state index in [-0.39, 0.29) is 6.10 Å². The molecule has 19 heavy (non-hydrogen) atoms. The Morgan fingerprint density at radius 3 is 2.26 bits per heavy atom. The monoisotopic (exact) mass is 266 g/mol. The van der Waals surface area contributed by atoms with Gasteiger partial charge in [0.05, 0.1) is 6.10 Å². The van der Waals surface area contributed by atoms with Crippen molar-refractivity contribution in [3.05, 3.63) is 6.33 Å². The van der Waals surface area contributed by atoms with Gasteiger partial charge in [-0.1, -0.05) is 13.8 Å². The van der Waals surface area contributed by atoms with E-state index in [2.05, 4.69) is 42.6 Å². The van der Waals surface area contributed by atoms with Crippen LogP contribution in [-0.2, 0) is 0 Å². The second kappa shape index (κ2) is 6.59. The molecule has 0 amide bonds. The van der Waals surface area contributed by atoms with Gasteiger partial charge in [-0.15, -0.1) is 0 Å². The van der Waals surface area contributed by atoms with Crippen molar-refractivity contribution in [3.8, 4) is 5.88 Å². The van der Waals surface area contributed by atoms with Crippen molar-refractivity contribution in [2.45, 2.75) is 53.7 Å². The minimum absolute atomic E-state index is 0.0441. The van der Waals surface area contributed by atoms with E-state index < -0.39 is 0 Å². The van der Waals surface area contributed by atoms with E-state index in [4.69, 9.17) is 10.5 Å². The predicted octanol–water partition coefficient (Wildman–Crippen LogP) is 2.72. The van der Waals surface area contributed by atoms with Crippen molar-refractivity contribution < 1.29 is 4.74 Å². The van der Waals surface area contributed by atoms with Crippen LogP contribution in [0.3, 0.4) is 0 Å². The fourth-order valence-electron chi connectivity index (χ4n) is 1.85. The third-order valence-electron chi connectivity index (χ3n) is 2.63. The van der Waals surface area contributed by atoms with E-state index >= 15 is 0 Å². The van der Waals surface area contributed by atoms with Crippen molar-refractivity contribution in [1.29, 1.82) is 0 Å². The first-order valence-corrected chi connectivity index (χ1v) is 6.86. The molecule has 0 atom stereocenters. The number of nitrogen functional groups attached to an aromatic ring is 1. The Morgan fingerprint density at radius 2 is 1.79 bits per heavy atom. The summed E-state index contributed by atoms with van der Waals surface area (Å²) in [5.74, 6) is 1.76. The molecule has 0 saturated carbocycles. The van der Waals surface area contributed by atoms with Gasteiger partial charge in [-0.3, -0.25) is 0 Å². The molecule has 1 heterocycles. The lowest BCUT2D eigenvalue weighted by Gasteiger charge is -2.30. The normalized spacial score (nSPS) is 11.4. The predicted molar refractivity (Wildman–Crippen MR) is 79.5 cm³/mol. The van der Waals surface area contributed by atoms with Crippen molar-refractivity contribution in [1.82, 2.24) is 9.97 Å². The second-order valence-electron chi connectivity index (χ2n) is 5.72. The second-order valence-corrected chi connectivity index (χ2v) is 5.72. The van der Waals surface area contributed by atoms with Crippen LogP contribution in [0.4, 0.5) is 11.5 Å². The van der Waals surface area contributed by atoms with Gasteiger partial charge < -0.3 is 15.4 Å². The van der Waals surface area contributed by atoms with Crippen molar-refractivity contribution in [3.63, 3.8) is 0 Å². The number of ether oxygens (including phenoxy) is 1. The van der Waals surface area contributed by atoms with Crippen LogP contribution in [0.1, 0.15) is 41.5 Å². The zero-order chi connectivity index (χ0) is 14.6. The summed E-state index contributed by atoms with van der Waals surface area (Å²) in [6, 6.07) is 0.325. The van der Waals surface area contributed by atoms with E-state index in [0.717, 1.165) is 12.4 Å². The highest BCUT2D eigenvalue weighted by Crippen LogP contribution is 2.30. The van der Waals surface area contributed by atoms with E-state index in [1.807, 2.05) is 13.8 Å². The Bertz CT molecular complexity index is 404. The third kappa shape index (κ3) is 4.26. The number of anilines is 2. The number of hydrogen-bond acceptors (Lipinski definition) is 5. The molecule has 0 fully saturated rings. The molecule has 0 aliphatic carbocycles. The molecule has 108 valence electrons. The molecule has 0 aliphatic heterocycles. The minimum Gasteiger partial charge on any atom is -0.473 e. The third-order valence-corrected chi connectivity index (χ3v) is 2.63. The lowest BCUT2D eigenvalue weighted by Crippen LogP contribution is -2.35. The molecule has 0 aliphatic rings. The number of nitrogens with zero attached hydrogens (tertiary/aromatic N) is 3. The Balaban J connectivity index is 3.09. The molecule has 5 nitrogen and oxygen atoms in total. The van der Waals surface area contributed by atoms with Crippen LogP contribution in [0, 0.1) is 5.92 Å². The van der Waals surface area contributed by atoms with Gasteiger partial charge in [0.25, 0.3) is 0 Å². The highest BCUT2D eigenvalue weighted by atomic mass is 16.5. The van der Waals surface area contributed by atoms with Gasteiger partial charge >= 0.3 is 0 Å². The van der Waals surface area contributed by atoms with Crippen LogP contribution < -0.4 is 15.4 Å². The quantitative estimate of drug-likeness (QED) is 0.857. The van der Waals surface area contributed by atoms with Gasteiger partial charge in [-0.05, 0) is 33.6 Å². The zero-order valence-corrected chi connectivity index (χ0v) is 12.8. The minimum atomic E-state index is 0.0441. The summed E-state index contributed by atoms with van der Waals surface area (Å²) in [7, 11) is 0. The maximum absolute atomic E-state index is 6.15. The molecule has 1 rings (SSSR count). The van der Waals surface area contributed by atoms with Gasteiger partial charge in [0.2, 0.25) is 5.88 Å². The summed E-state index contributed by atoms with van der Waals surface area (Å²) in [6.07, 6.45) is 1.56. The molecule has 0 bridgehead atoms. The van der Waals surface area contributed by atoms with E-state index in [9.17, 15) is 0 Å². The highest BCUT2D eigenvalue weighted by Gasteiger charge is 2.19. The molecule has 0 unspecified atom stereocenters. The molecular formula is C14H26N4O. The molecule has 1 aromatic rings. The van der Waals surface area contributed by atoms with E-state index in [1.54, 1.807) is 0 Å². The van der Waals surface area contributed by atoms with Crippen molar-refractivity contribution in [2.24, 2.45) is 5.92 Å². The Hall–Kier alpha value is -1.52. The van der Waals surface area contributed by atoms with Gasteiger partial charge in [0.15, 0.2) is 5.82 Å². The van der Waals surface area contributed by atoms with Crippen LogP contribution in [0.25, 0.3) is 0 Å². The first kappa shape index (κ1) is 15.5. The first-order chi connectivity index (χ1) is 8.82. The smallest absolute Gasteiger partial charge is 0.242 e. The molecule has 2 N–H and O–H groups in total. The zero-order valence-electron chi connectivity index (χ0n) is 12.8. The first-order valence-electron chi connectivity index (χ1n) is 6.86. The van der Waals surface area contributed by atoms with Crippen LogP contribution in [0.2, 0.25) is 0 Å². The summed E-state index contributed by atoms with van der Waals surface area (Å²) in [4.78, 5) is 10.6. The number of hydrogen-bond donors (Lipinski definition) is 1. The van der Waals surface area contributed by atoms with Gasteiger partial charge in [0, 0.05) is 12.6 Å². The average Bonchev–Trinajstić information content (AvgIpc) is 2.28. The number of nitrogens with two attached hydrogens (primary N) is 1. The highest BCUT2D eigenvalue weighted by molar-refractivity contribution is 5.68. The molecular weight excluding hydrogens is 240 g/mol. The summed E-state index contributed by atoms with van der Waals surface area (Å²) in [5, 5.41) is 0. The fraction of sp³-hybridized carbons (Fsp3) is 0.714. The van der Waals surface area contributed by atoms with Gasteiger partial charge in [-0.25, -0.2) is 4.98 Å². The molecule has 1 aromatic heterocycles. The largest absolute Gasteiger partial charge is 0.473 e. The van der Waals surface area contributed by atoms with Crippen LogP contribution >= 0.6 is 0 Å². The lowest BCUT2D eigenvalue weighted by molar-refractivity contribution is 0.234. The fourth-order valence-corrected chi connectivity index (χ4v) is 1.85. The molecule has 0 aromatic carbocycles. The maximum atomic E-state index is 6.15. The molecule has 0 spiro atoms. The number of aromatic nitrogens is 2. The number of rotatable bonds is 6. The summed E-state index contributed by atoms with van der Waals surface area (Å²) >= 11 is 0. The maximum Gasteiger partial charge on any atom is 0.242 e. The van der Waals surface area contributed by atoms with Crippen LogP contribution in [0.15, 0.2) is 6.33 Å². The molecule has 5 heteroatoms. The van der Waals surface area contributed by atoms with E-state index in [1.165, 1.54) is 6.33 Å². The summed E-state index contributed by atoms with van der Waals surface area (Å²) < 4.78 is 5.62. The average molecular weight is 266 g/mol. The topological polar surface area (TPSA) is 64.3 Å². The standard InChI is InChI=1S/C14H26N4O/c1-9(2)7-18(10(3)4)13-12(15)14(17-8-16-13)19-11(5)6/h8-11H,7,15H2,1-6H3. The Kier molecular flexibility index (Phi) is 5.39. The van der Waals surface area contributed by atoms with Crippen LogP contribution in [0.5, 0.6) is 5.88 Å². The Labute approximate surface area is 116 Å². The van der Waals surface area contributed by atoms with Crippen molar-refractivity contribution in [2.75, 3.05) is 17.2 Å². The lowest BCUT2D eigenvalue weighted by atomic mass is 10.1. The van der Waals surface area contributed by atoms with Gasteiger partial charge in [-0.2, -0.15) is 4.98 Å². The van der Waals surface area contributed by atoms with Crippen molar-refractivity contribution >= 4 is 11.5 Å². The Morgan fingerprint density at radius 1 is 1.16 bits per heavy atom. The summed E-state index contributed by atoms with van der Waals surface area (Å²) in [5.41, 5.74) is 6.67. The van der Waals surface area contributed by atoms with Gasteiger partial charge in [0.1, 0.15) is 12.0 Å². The molecule has 0 saturated heterocycles. The van der Waals surface area contributed by atoms with E-state index in [0.29, 0.717) is 23.5 Å². The SMILES string of the molecule is CC(C)CN(c1ncnc(OC(C)C)c1N)C(C)C. The van der Waals surface area contributed by atoms with Crippen LogP contribution in [-0.4, -0.2) is 28.7 Å².